The summed E-state index contributed by atoms with van der Waals surface area (Å²) in [5.41, 5.74) is 8.61. The quantitative estimate of drug-likeness (QED) is 0.429. The number of nitrogens with two attached hydrogens (primary N) is 1. The standard InChI is InChI=1S/C24H21ClN8O/c25-16-3-6-19(28-11-16)34-18-4-1-15(2-5-18)21-20-22(27)29-14-30-23(20)33(31-21)17-7-8-24(9-10-24)32(12-17)13-26/h1-6,11,14,17H,7-10,12H2,(H2,27,29,30)/t17-/m1/s1. The predicted octanol–water partition coefficient (Wildman–Crippen LogP) is 4.57. The van der Waals surface area contributed by atoms with Gasteiger partial charge in [-0.05, 0) is 56.0 Å². The summed E-state index contributed by atoms with van der Waals surface area (Å²) in [7, 11) is 0. The Morgan fingerprint density at radius 3 is 2.62 bits per heavy atom. The Labute approximate surface area is 200 Å². The maximum atomic E-state index is 9.69. The lowest BCUT2D eigenvalue weighted by molar-refractivity contribution is 0.151. The van der Waals surface area contributed by atoms with Crippen molar-refractivity contribution in [1.29, 1.82) is 5.26 Å². The molecule has 170 valence electrons. The van der Waals surface area contributed by atoms with Crippen molar-refractivity contribution in [3.63, 3.8) is 0 Å². The minimum Gasteiger partial charge on any atom is -0.439 e. The number of nitrogens with zero attached hydrogens (tertiary/aromatic N) is 7. The SMILES string of the molecule is N#CN1C[C@H](n2nc(-c3ccc(Oc4ccc(Cl)cn4)cc3)c3c(N)ncnc32)CCC12CC2. The Hall–Kier alpha value is -3.90. The van der Waals surface area contributed by atoms with Gasteiger partial charge in [-0.2, -0.15) is 10.4 Å². The summed E-state index contributed by atoms with van der Waals surface area (Å²) in [6, 6.07) is 11.0. The molecule has 1 spiro atoms. The number of ether oxygens (including phenoxy) is 1. The van der Waals surface area contributed by atoms with Crippen LogP contribution in [-0.4, -0.2) is 41.7 Å². The number of likely N-dealkylation sites (tertiary alicyclic amines) is 1. The van der Waals surface area contributed by atoms with Gasteiger partial charge in [0.2, 0.25) is 5.88 Å². The molecule has 10 heteroatoms. The number of anilines is 1. The van der Waals surface area contributed by atoms with Gasteiger partial charge in [-0.15, -0.1) is 0 Å². The van der Waals surface area contributed by atoms with E-state index in [0.717, 1.165) is 31.2 Å². The van der Waals surface area contributed by atoms with Crippen LogP contribution in [0, 0.1) is 11.5 Å². The fourth-order valence-electron chi connectivity index (χ4n) is 4.75. The molecule has 0 bridgehead atoms. The van der Waals surface area contributed by atoms with E-state index < -0.39 is 0 Å². The van der Waals surface area contributed by atoms with Gasteiger partial charge in [0, 0.05) is 17.8 Å². The second-order valence-electron chi connectivity index (χ2n) is 8.82. The Balaban J connectivity index is 1.34. The topological polar surface area (TPSA) is 119 Å². The zero-order valence-electron chi connectivity index (χ0n) is 18.2. The highest BCUT2D eigenvalue weighted by molar-refractivity contribution is 6.30. The van der Waals surface area contributed by atoms with E-state index in [2.05, 4.69) is 21.1 Å². The number of rotatable bonds is 4. The van der Waals surface area contributed by atoms with E-state index in [0.29, 0.717) is 45.7 Å². The highest BCUT2D eigenvalue weighted by Crippen LogP contribution is 2.50. The van der Waals surface area contributed by atoms with Crippen LogP contribution < -0.4 is 10.5 Å². The third kappa shape index (κ3) is 3.47. The second kappa shape index (κ2) is 7.85. The van der Waals surface area contributed by atoms with Crippen molar-refractivity contribution >= 4 is 28.5 Å². The number of halogens is 1. The van der Waals surface area contributed by atoms with E-state index in [4.69, 9.17) is 27.2 Å². The molecule has 0 amide bonds. The molecule has 0 radical (unpaired) electrons. The van der Waals surface area contributed by atoms with Crippen molar-refractivity contribution in [3.8, 4) is 29.1 Å². The van der Waals surface area contributed by atoms with Crippen LogP contribution in [-0.2, 0) is 0 Å². The Morgan fingerprint density at radius 2 is 1.91 bits per heavy atom. The van der Waals surface area contributed by atoms with Crippen molar-refractivity contribution in [3.05, 3.63) is 53.9 Å². The van der Waals surface area contributed by atoms with Crippen LogP contribution in [0.4, 0.5) is 5.82 Å². The number of fused-ring (bicyclic) bond motifs is 1. The molecule has 1 saturated heterocycles. The van der Waals surface area contributed by atoms with Gasteiger partial charge in [-0.1, -0.05) is 11.6 Å². The molecule has 2 fully saturated rings. The monoisotopic (exact) mass is 472 g/mol. The summed E-state index contributed by atoms with van der Waals surface area (Å²) in [6.07, 6.45) is 9.50. The molecule has 2 aliphatic rings. The molecule has 1 aliphatic carbocycles. The van der Waals surface area contributed by atoms with Crippen molar-refractivity contribution in [2.45, 2.75) is 37.3 Å². The summed E-state index contributed by atoms with van der Waals surface area (Å²) in [5.74, 6) is 1.47. The molecular weight excluding hydrogens is 452 g/mol. The molecule has 1 aliphatic heterocycles. The average Bonchev–Trinajstić information content (AvgIpc) is 3.52. The number of nitrogen functional groups attached to an aromatic ring is 1. The van der Waals surface area contributed by atoms with Crippen LogP contribution in [0.15, 0.2) is 48.9 Å². The first-order valence-electron chi connectivity index (χ1n) is 11.1. The predicted molar refractivity (Wildman–Crippen MR) is 127 cm³/mol. The lowest BCUT2D eigenvalue weighted by Gasteiger charge is -2.36. The van der Waals surface area contributed by atoms with Crippen LogP contribution in [0.3, 0.4) is 0 Å². The van der Waals surface area contributed by atoms with Gasteiger partial charge in [0.15, 0.2) is 11.8 Å². The van der Waals surface area contributed by atoms with Crippen LogP contribution in [0.25, 0.3) is 22.3 Å². The van der Waals surface area contributed by atoms with Gasteiger partial charge in [-0.3, -0.25) is 0 Å². The number of hydrogen-bond donors (Lipinski definition) is 1. The van der Waals surface area contributed by atoms with Crippen LogP contribution in [0.1, 0.15) is 31.7 Å². The molecule has 1 atom stereocenters. The van der Waals surface area contributed by atoms with Gasteiger partial charge >= 0.3 is 0 Å². The summed E-state index contributed by atoms with van der Waals surface area (Å²) >= 11 is 5.89. The lowest BCUT2D eigenvalue weighted by atomic mass is 9.97. The zero-order chi connectivity index (χ0) is 23.3. The Morgan fingerprint density at radius 1 is 1.09 bits per heavy atom. The second-order valence-corrected chi connectivity index (χ2v) is 9.26. The summed E-state index contributed by atoms with van der Waals surface area (Å²) in [6.45, 7) is 0.623. The molecule has 34 heavy (non-hydrogen) atoms. The first-order chi connectivity index (χ1) is 16.6. The van der Waals surface area contributed by atoms with Gasteiger partial charge in [0.1, 0.15) is 23.6 Å². The number of hydrogen-bond acceptors (Lipinski definition) is 8. The molecule has 1 saturated carbocycles. The van der Waals surface area contributed by atoms with Crippen LogP contribution in [0.5, 0.6) is 11.6 Å². The molecule has 4 aromatic rings. The summed E-state index contributed by atoms with van der Waals surface area (Å²) < 4.78 is 7.73. The van der Waals surface area contributed by atoms with E-state index in [9.17, 15) is 5.26 Å². The molecule has 1 aromatic carbocycles. The van der Waals surface area contributed by atoms with E-state index in [1.165, 1.54) is 12.5 Å². The van der Waals surface area contributed by atoms with Crippen molar-refractivity contribution < 1.29 is 4.74 Å². The number of aromatic nitrogens is 5. The molecule has 6 rings (SSSR count). The minimum absolute atomic E-state index is 0.0370. The molecule has 0 unspecified atom stereocenters. The van der Waals surface area contributed by atoms with E-state index in [1.807, 2.05) is 33.8 Å². The molecule has 9 nitrogen and oxygen atoms in total. The number of piperidine rings is 1. The smallest absolute Gasteiger partial charge is 0.219 e. The van der Waals surface area contributed by atoms with Crippen LogP contribution in [0.2, 0.25) is 5.02 Å². The highest BCUT2D eigenvalue weighted by atomic mass is 35.5. The molecule has 2 N–H and O–H groups in total. The maximum Gasteiger partial charge on any atom is 0.219 e. The number of nitriles is 1. The maximum absolute atomic E-state index is 9.69. The van der Waals surface area contributed by atoms with Crippen LogP contribution >= 0.6 is 11.6 Å². The Kier molecular flexibility index (Phi) is 4.78. The van der Waals surface area contributed by atoms with Gasteiger partial charge < -0.3 is 15.4 Å². The number of pyridine rings is 1. The van der Waals surface area contributed by atoms with Gasteiger partial charge in [0.05, 0.1) is 28.5 Å². The van der Waals surface area contributed by atoms with Crippen molar-refractivity contribution in [2.24, 2.45) is 0 Å². The first kappa shape index (κ1) is 20.7. The largest absolute Gasteiger partial charge is 0.439 e. The van der Waals surface area contributed by atoms with Crippen molar-refractivity contribution in [1.82, 2.24) is 29.6 Å². The zero-order valence-corrected chi connectivity index (χ0v) is 19.0. The molecule has 4 heterocycles. The van der Waals surface area contributed by atoms with E-state index in [1.54, 1.807) is 12.1 Å². The normalized spacial score (nSPS) is 18.7. The molecule has 3 aromatic heterocycles. The third-order valence-corrected chi connectivity index (χ3v) is 6.99. The highest BCUT2D eigenvalue weighted by Gasteiger charge is 2.51. The first-order valence-corrected chi connectivity index (χ1v) is 11.5. The minimum atomic E-state index is 0.0370. The Bertz CT molecular complexity index is 1410. The fraction of sp³-hybridized carbons (Fsp3) is 0.292. The lowest BCUT2D eigenvalue weighted by Crippen LogP contribution is -2.43. The van der Waals surface area contributed by atoms with E-state index >= 15 is 0 Å². The molecular formula is C24H21ClN8O. The average molecular weight is 473 g/mol. The summed E-state index contributed by atoms with van der Waals surface area (Å²) in [5, 5.41) is 15.9. The van der Waals surface area contributed by atoms with Crippen molar-refractivity contribution in [2.75, 3.05) is 12.3 Å². The third-order valence-electron chi connectivity index (χ3n) is 6.77. The fourth-order valence-corrected chi connectivity index (χ4v) is 4.86. The van der Waals surface area contributed by atoms with E-state index in [-0.39, 0.29) is 11.6 Å². The summed E-state index contributed by atoms with van der Waals surface area (Å²) in [4.78, 5) is 14.8. The number of benzene rings is 1. The van der Waals surface area contributed by atoms with Gasteiger partial charge in [-0.25, -0.2) is 19.6 Å². The van der Waals surface area contributed by atoms with Gasteiger partial charge in [0.25, 0.3) is 0 Å².